The number of carbonyl (C=O) groups is 1. The van der Waals surface area contributed by atoms with E-state index in [4.69, 9.17) is 4.74 Å². The minimum Gasteiger partial charge on any atom is -0.493 e. The molecule has 2 rings (SSSR count). The average Bonchev–Trinajstić information content (AvgIpc) is 2.83. The second-order valence-electron chi connectivity index (χ2n) is 4.49. The Balaban J connectivity index is 1.75. The van der Waals surface area contributed by atoms with Crippen molar-refractivity contribution in [1.29, 1.82) is 0 Å². The fourth-order valence-corrected chi connectivity index (χ4v) is 2.00. The van der Waals surface area contributed by atoms with Gasteiger partial charge in [0.25, 0.3) is 0 Å². The smallest absolute Gasteiger partial charge is 0.233 e. The van der Waals surface area contributed by atoms with Gasteiger partial charge < -0.3 is 15.4 Å². The number of nitrogens with one attached hydrogen (secondary N) is 2. The number of fused-ring (bicyclic) bond motifs is 1. The van der Waals surface area contributed by atoms with Crippen LogP contribution in [0.15, 0.2) is 18.2 Å². The molecule has 18 heavy (non-hydrogen) atoms. The van der Waals surface area contributed by atoms with Gasteiger partial charge in [-0.3, -0.25) is 4.79 Å². The lowest BCUT2D eigenvalue weighted by atomic mass is 10.1. The van der Waals surface area contributed by atoms with Crippen LogP contribution in [0.1, 0.15) is 24.5 Å². The Morgan fingerprint density at radius 2 is 2.33 bits per heavy atom. The van der Waals surface area contributed by atoms with Crippen molar-refractivity contribution in [2.45, 2.75) is 26.3 Å². The van der Waals surface area contributed by atoms with Gasteiger partial charge in [0.05, 0.1) is 13.2 Å². The summed E-state index contributed by atoms with van der Waals surface area (Å²) in [7, 11) is 0. The van der Waals surface area contributed by atoms with E-state index in [1.165, 1.54) is 11.1 Å². The van der Waals surface area contributed by atoms with E-state index in [2.05, 4.69) is 16.7 Å². The summed E-state index contributed by atoms with van der Waals surface area (Å²) in [5.41, 5.74) is 2.47. The van der Waals surface area contributed by atoms with E-state index in [1.54, 1.807) is 0 Å². The maximum atomic E-state index is 11.4. The van der Waals surface area contributed by atoms with Crippen LogP contribution in [0.5, 0.6) is 5.75 Å². The molecular formula is C14H20N2O2. The summed E-state index contributed by atoms with van der Waals surface area (Å²) in [6, 6.07) is 6.21. The molecule has 1 heterocycles. The molecule has 0 aromatic heterocycles. The van der Waals surface area contributed by atoms with E-state index in [0.29, 0.717) is 13.1 Å². The Morgan fingerprint density at radius 1 is 1.44 bits per heavy atom. The largest absolute Gasteiger partial charge is 0.493 e. The fourth-order valence-electron chi connectivity index (χ4n) is 2.00. The van der Waals surface area contributed by atoms with Gasteiger partial charge in [0.2, 0.25) is 5.91 Å². The third kappa shape index (κ3) is 3.47. The summed E-state index contributed by atoms with van der Waals surface area (Å²) in [4.78, 5) is 11.4. The molecule has 0 saturated carbocycles. The zero-order valence-electron chi connectivity index (χ0n) is 10.8. The highest BCUT2D eigenvalue weighted by atomic mass is 16.5. The van der Waals surface area contributed by atoms with Crippen LogP contribution in [-0.4, -0.2) is 25.6 Å². The van der Waals surface area contributed by atoms with Gasteiger partial charge in [0.15, 0.2) is 0 Å². The summed E-state index contributed by atoms with van der Waals surface area (Å²) in [6.07, 6.45) is 1.96. The van der Waals surface area contributed by atoms with E-state index in [0.717, 1.165) is 31.7 Å². The lowest BCUT2D eigenvalue weighted by molar-refractivity contribution is -0.120. The maximum Gasteiger partial charge on any atom is 0.233 e. The second kappa shape index (κ2) is 6.40. The molecule has 4 nitrogen and oxygen atoms in total. The van der Waals surface area contributed by atoms with Crippen LogP contribution in [-0.2, 0) is 17.8 Å². The molecule has 0 spiro atoms. The molecule has 1 aromatic carbocycles. The Labute approximate surface area is 108 Å². The Hall–Kier alpha value is -1.55. The normalized spacial score (nSPS) is 12.9. The molecule has 1 aromatic rings. The highest BCUT2D eigenvalue weighted by Gasteiger charge is 2.11. The first-order valence-electron chi connectivity index (χ1n) is 6.51. The highest BCUT2D eigenvalue weighted by molar-refractivity contribution is 5.77. The van der Waals surface area contributed by atoms with Crippen molar-refractivity contribution in [2.75, 3.05) is 19.7 Å². The van der Waals surface area contributed by atoms with Gasteiger partial charge in [-0.1, -0.05) is 19.1 Å². The number of benzene rings is 1. The van der Waals surface area contributed by atoms with E-state index in [1.807, 2.05) is 19.1 Å². The molecule has 0 fully saturated rings. The molecule has 0 atom stereocenters. The van der Waals surface area contributed by atoms with Gasteiger partial charge in [0.1, 0.15) is 5.75 Å². The predicted molar refractivity (Wildman–Crippen MR) is 70.6 cm³/mol. The van der Waals surface area contributed by atoms with Crippen molar-refractivity contribution in [3.05, 3.63) is 29.3 Å². The minimum atomic E-state index is 0.0568. The Bertz CT molecular complexity index is 418. The zero-order chi connectivity index (χ0) is 12.8. The summed E-state index contributed by atoms with van der Waals surface area (Å²) in [6.45, 7) is 4.66. The summed E-state index contributed by atoms with van der Waals surface area (Å²) in [5.74, 6) is 1.06. The van der Waals surface area contributed by atoms with Gasteiger partial charge in [-0.2, -0.15) is 0 Å². The lowest BCUT2D eigenvalue weighted by Crippen LogP contribution is -2.33. The first-order chi connectivity index (χ1) is 8.79. The van der Waals surface area contributed by atoms with E-state index >= 15 is 0 Å². The van der Waals surface area contributed by atoms with Crippen LogP contribution in [0, 0.1) is 0 Å². The molecule has 1 aliphatic heterocycles. The average molecular weight is 248 g/mol. The van der Waals surface area contributed by atoms with Gasteiger partial charge in [-0.05, 0) is 23.6 Å². The molecular weight excluding hydrogens is 228 g/mol. The van der Waals surface area contributed by atoms with Gasteiger partial charge in [-0.15, -0.1) is 0 Å². The number of rotatable bonds is 6. The van der Waals surface area contributed by atoms with Crippen molar-refractivity contribution in [2.24, 2.45) is 0 Å². The molecule has 2 N–H and O–H groups in total. The van der Waals surface area contributed by atoms with Crippen LogP contribution in [0.3, 0.4) is 0 Å². The van der Waals surface area contributed by atoms with Crippen LogP contribution in [0.2, 0.25) is 0 Å². The van der Waals surface area contributed by atoms with Crippen molar-refractivity contribution >= 4 is 5.91 Å². The number of hydrogen-bond acceptors (Lipinski definition) is 3. The molecule has 0 saturated heterocycles. The van der Waals surface area contributed by atoms with Crippen molar-refractivity contribution in [3.63, 3.8) is 0 Å². The number of ether oxygens (including phenoxy) is 1. The summed E-state index contributed by atoms with van der Waals surface area (Å²) in [5, 5.41) is 5.99. The lowest BCUT2D eigenvalue weighted by Gasteiger charge is -2.07. The van der Waals surface area contributed by atoms with Gasteiger partial charge in [0, 0.05) is 19.5 Å². The molecule has 0 radical (unpaired) electrons. The first-order valence-corrected chi connectivity index (χ1v) is 6.51. The quantitative estimate of drug-likeness (QED) is 0.796. The maximum absolute atomic E-state index is 11.4. The van der Waals surface area contributed by atoms with Crippen molar-refractivity contribution in [3.8, 4) is 5.75 Å². The molecule has 0 bridgehead atoms. The van der Waals surface area contributed by atoms with E-state index in [9.17, 15) is 4.79 Å². The number of carbonyl (C=O) groups excluding carboxylic acids is 1. The Morgan fingerprint density at radius 3 is 3.17 bits per heavy atom. The van der Waals surface area contributed by atoms with E-state index in [-0.39, 0.29) is 5.91 Å². The van der Waals surface area contributed by atoms with Crippen molar-refractivity contribution < 1.29 is 9.53 Å². The third-order valence-electron chi connectivity index (χ3n) is 2.94. The van der Waals surface area contributed by atoms with E-state index < -0.39 is 0 Å². The molecule has 0 aliphatic carbocycles. The van der Waals surface area contributed by atoms with Crippen LogP contribution in [0.4, 0.5) is 0 Å². The SMILES string of the molecule is CCCNC(=O)CNCc1ccc2c(c1)CCO2. The van der Waals surface area contributed by atoms with Gasteiger partial charge >= 0.3 is 0 Å². The fraction of sp³-hybridized carbons (Fsp3) is 0.500. The summed E-state index contributed by atoms with van der Waals surface area (Å²) >= 11 is 0. The molecule has 1 aliphatic rings. The zero-order valence-corrected chi connectivity index (χ0v) is 10.8. The number of amides is 1. The molecule has 0 unspecified atom stereocenters. The minimum absolute atomic E-state index is 0.0568. The molecule has 1 amide bonds. The third-order valence-corrected chi connectivity index (χ3v) is 2.94. The van der Waals surface area contributed by atoms with Crippen LogP contribution in [0.25, 0.3) is 0 Å². The Kier molecular flexibility index (Phi) is 4.59. The topological polar surface area (TPSA) is 50.4 Å². The molecule has 98 valence electrons. The predicted octanol–water partition coefficient (Wildman–Crippen LogP) is 1.24. The van der Waals surface area contributed by atoms with Crippen LogP contribution >= 0.6 is 0 Å². The summed E-state index contributed by atoms with van der Waals surface area (Å²) < 4.78 is 5.46. The van der Waals surface area contributed by atoms with Gasteiger partial charge in [-0.25, -0.2) is 0 Å². The monoisotopic (exact) mass is 248 g/mol. The first kappa shape index (κ1) is 12.9. The second-order valence-corrected chi connectivity index (χ2v) is 4.49. The standard InChI is InChI=1S/C14H20N2O2/c1-2-6-16-14(17)10-15-9-11-3-4-13-12(8-11)5-7-18-13/h3-4,8,15H,2,5-7,9-10H2,1H3,(H,16,17). The highest BCUT2D eigenvalue weighted by Crippen LogP contribution is 2.25. The number of hydrogen-bond donors (Lipinski definition) is 2. The molecule has 4 heteroatoms. The van der Waals surface area contributed by atoms with Crippen LogP contribution < -0.4 is 15.4 Å². The van der Waals surface area contributed by atoms with Crippen molar-refractivity contribution in [1.82, 2.24) is 10.6 Å².